The van der Waals surface area contributed by atoms with Gasteiger partial charge in [-0.3, -0.25) is 4.79 Å². The van der Waals surface area contributed by atoms with Gasteiger partial charge < -0.3 is 19.5 Å². The van der Waals surface area contributed by atoms with Crippen molar-refractivity contribution < 1.29 is 9.53 Å². The fourth-order valence-corrected chi connectivity index (χ4v) is 4.51. The van der Waals surface area contributed by atoms with Crippen LogP contribution in [0, 0.1) is 0 Å². The molecule has 1 atom stereocenters. The number of benzene rings is 1. The molecule has 1 fully saturated rings. The molecule has 10 heteroatoms. The molecule has 5 rings (SSSR count). The lowest BCUT2D eigenvalue weighted by atomic mass is 10.1. The molecule has 1 aliphatic heterocycles. The quantitative estimate of drug-likeness (QED) is 0.486. The van der Waals surface area contributed by atoms with Crippen LogP contribution in [0.2, 0.25) is 5.02 Å². The van der Waals surface area contributed by atoms with E-state index < -0.39 is 0 Å². The molecule has 1 aromatic carbocycles. The van der Waals surface area contributed by atoms with E-state index in [1.165, 1.54) is 0 Å². The van der Waals surface area contributed by atoms with E-state index in [2.05, 4.69) is 31.9 Å². The first kappa shape index (κ1) is 21.3. The number of carbonyl (C=O) groups excluding carboxylic acids is 1. The smallest absolute Gasteiger partial charge is 0.244 e. The van der Waals surface area contributed by atoms with E-state index in [0.29, 0.717) is 47.6 Å². The summed E-state index contributed by atoms with van der Waals surface area (Å²) in [5, 5.41) is 6.09. The summed E-state index contributed by atoms with van der Waals surface area (Å²) in [5.41, 5.74) is 2.38. The third-order valence-electron chi connectivity index (χ3n) is 5.96. The Morgan fingerprint density at radius 1 is 1.24 bits per heavy atom. The van der Waals surface area contributed by atoms with Crippen molar-refractivity contribution in [1.29, 1.82) is 0 Å². The van der Waals surface area contributed by atoms with Crippen molar-refractivity contribution in [1.82, 2.24) is 29.6 Å². The molecule has 0 saturated carbocycles. The average Bonchev–Trinajstić information content (AvgIpc) is 3.48. The number of halogens is 1. The number of fused-ring (bicyclic) bond motifs is 1. The van der Waals surface area contributed by atoms with E-state index in [1.807, 2.05) is 35.2 Å². The van der Waals surface area contributed by atoms with E-state index in [1.54, 1.807) is 30.4 Å². The number of amides is 1. The molecule has 1 saturated heterocycles. The molecule has 4 heterocycles. The molecule has 3 aromatic heterocycles. The zero-order valence-corrected chi connectivity index (χ0v) is 19.2. The Hall–Kier alpha value is -3.59. The van der Waals surface area contributed by atoms with Crippen LogP contribution in [0.5, 0.6) is 5.75 Å². The van der Waals surface area contributed by atoms with Crippen molar-refractivity contribution in [2.45, 2.75) is 19.5 Å². The van der Waals surface area contributed by atoms with Crippen molar-refractivity contribution in [3.8, 4) is 17.3 Å². The van der Waals surface area contributed by atoms with Crippen LogP contribution < -0.4 is 9.64 Å². The maximum Gasteiger partial charge on any atom is 0.244 e. The number of ether oxygens (including phenoxy) is 1. The number of aromatic nitrogens is 5. The Kier molecular flexibility index (Phi) is 5.63. The number of imidazole rings is 1. The molecule has 4 aromatic rings. The fourth-order valence-electron chi connectivity index (χ4n) is 4.31. The predicted molar refractivity (Wildman–Crippen MR) is 127 cm³/mol. The number of pyridine rings is 1. The molecule has 9 nitrogen and oxygen atoms in total. The van der Waals surface area contributed by atoms with Crippen LogP contribution in [0.1, 0.15) is 6.92 Å². The van der Waals surface area contributed by atoms with E-state index >= 15 is 0 Å². The van der Waals surface area contributed by atoms with Gasteiger partial charge >= 0.3 is 0 Å². The highest BCUT2D eigenvalue weighted by Crippen LogP contribution is 2.31. The van der Waals surface area contributed by atoms with Crippen LogP contribution >= 0.6 is 11.6 Å². The Morgan fingerprint density at radius 2 is 2.12 bits per heavy atom. The number of piperazine rings is 1. The molecule has 33 heavy (non-hydrogen) atoms. The highest BCUT2D eigenvalue weighted by atomic mass is 35.5. The number of hydrogen-bond donors (Lipinski definition) is 1. The average molecular weight is 466 g/mol. The van der Waals surface area contributed by atoms with Crippen LogP contribution in [0.4, 0.5) is 5.69 Å². The van der Waals surface area contributed by atoms with Crippen molar-refractivity contribution in [3.05, 3.63) is 53.9 Å². The third-order valence-corrected chi connectivity index (χ3v) is 6.27. The second-order valence-electron chi connectivity index (χ2n) is 8.02. The summed E-state index contributed by atoms with van der Waals surface area (Å²) >= 11 is 6.17. The SMILES string of the molecule is COc1cc(N2CCN(C(=O)Cn3nc(-c4ncc[nH]4)c4cccnc43)C[C@H]2C)ccc1Cl. The van der Waals surface area contributed by atoms with Gasteiger partial charge in [-0.25, -0.2) is 14.6 Å². The summed E-state index contributed by atoms with van der Waals surface area (Å²) in [6.45, 7) is 4.18. The molecule has 1 N–H and O–H groups in total. The molecular weight excluding hydrogens is 442 g/mol. The Morgan fingerprint density at radius 3 is 2.88 bits per heavy atom. The van der Waals surface area contributed by atoms with Crippen molar-refractivity contribution >= 4 is 34.2 Å². The second-order valence-corrected chi connectivity index (χ2v) is 8.43. The molecule has 0 spiro atoms. The van der Waals surface area contributed by atoms with E-state index in [4.69, 9.17) is 16.3 Å². The van der Waals surface area contributed by atoms with Gasteiger partial charge in [0.15, 0.2) is 11.5 Å². The number of aromatic amines is 1. The monoisotopic (exact) mass is 465 g/mol. The molecule has 0 unspecified atom stereocenters. The largest absolute Gasteiger partial charge is 0.495 e. The molecule has 1 aliphatic rings. The van der Waals surface area contributed by atoms with E-state index in [0.717, 1.165) is 11.1 Å². The number of H-pyrrole nitrogens is 1. The number of hydrogen-bond acceptors (Lipinski definition) is 6. The standard InChI is InChI=1S/C23H24ClN7O2/c1-15-13-29(10-11-30(15)16-5-6-18(24)19(12-16)33-2)20(32)14-31-23-17(4-3-7-27-23)21(28-31)22-25-8-9-26-22/h3-9,12,15H,10-11,13-14H2,1-2H3,(H,25,26)/t15-/m1/s1. The van der Waals surface area contributed by atoms with Crippen LogP contribution in [0.25, 0.3) is 22.6 Å². The maximum absolute atomic E-state index is 13.2. The van der Waals surface area contributed by atoms with Gasteiger partial charge in [0.05, 0.1) is 17.5 Å². The van der Waals surface area contributed by atoms with Crippen molar-refractivity contribution in [2.24, 2.45) is 0 Å². The summed E-state index contributed by atoms with van der Waals surface area (Å²) in [4.78, 5) is 29.2. The molecule has 0 radical (unpaired) electrons. The second kappa shape index (κ2) is 8.74. The van der Waals surface area contributed by atoms with Gasteiger partial charge in [0.25, 0.3) is 0 Å². The molecular formula is C23H24ClN7O2. The van der Waals surface area contributed by atoms with Crippen LogP contribution in [0.3, 0.4) is 0 Å². The van der Waals surface area contributed by atoms with Gasteiger partial charge in [0.1, 0.15) is 18.0 Å². The topological polar surface area (TPSA) is 92.2 Å². The molecule has 170 valence electrons. The molecule has 0 aliphatic carbocycles. The molecule has 1 amide bonds. The summed E-state index contributed by atoms with van der Waals surface area (Å²) in [6.07, 6.45) is 5.13. The predicted octanol–water partition coefficient (Wildman–Crippen LogP) is 3.22. The highest BCUT2D eigenvalue weighted by molar-refractivity contribution is 6.32. The lowest BCUT2D eigenvalue weighted by Gasteiger charge is -2.41. The van der Waals surface area contributed by atoms with Gasteiger partial charge in [-0.15, -0.1) is 0 Å². The zero-order chi connectivity index (χ0) is 22.9. The van der Waals surface area contributed by atoms with E-state index in [9.17, 15) is 4.79 Å². The highest BCUT2D eigenvalue weighted by Gasteiger charge is 2.28. The Labute approximate surface area is 195 Å². The minimum Gasteiger partial charge on any atom is -0.495 e. The summed E-state index contributed by atoms with van der Waals surface area (Å²) in [5.74, 6) is 1.31. The Bertz CT molecular complexity index is 1290. The first-order valence-electron chi connectivity index (χ1n) is 10.7. The summed E-state index contributed by atoms with van der Waals surface area (Å²) < 4.78 is 7.02. The third kappa shape index (κ3) is 4.00. The van der Waals surface area contributed by atoms with Crippen LogP contribution in [-0.2, 0) is 11.3 Å². The normalized spacial score (nSPS) is 16.4. The first-order chi connectivity index (χ1) is 16.0. The summed E-state index contributed by atoms with van der Waals surface area (Å²) in [6, 6.07) is 9.70. The number of rotatable bonds is 5. The number of nitrogens with one attached hydrogen (secondary N) is 1. The van der Waals surface area contributed by atoms with Crippen molar-refractivity contribution in [2.75, 3.05) is 31.6 Å². The maximum atomic E-state index is 13.2. The van der Waals surface area contributed by atoms with Gasteiger partial charge in [0, 0.05) is 56.0 Å². The lowest BCUT2D eigenvalue weighted by molar-refractivity contribution is -0.132. The van der Waals surface area contributed by atoms with E-state index in [-0.39, 0.29) is 18.5 Å². The summed E-state index contributed by atoms with van der Waals surface area (Å²) in [7, 11) is 1.61. The fraction of sp³-hybridized carbons (Fsp3) is 0.304. The lowest BCUT2D eigenvalue weighted by Crippen LogP contribution is -2.54. The minimum atomic E-state index is 0.0104. The Balaban J connectivity index is 1.32. The van der Waals surface area contributed by atoms with Crippen LogP contribution in [0.15, 0.2) is 48.9 Å². The number of anilines is 1. The van der Waals surface area contributed by atoms with Gasteiger partial charge in [-0.1, -0.05) is 11.6 Å². The van der Waals surface area contributed by atoms with Crippen LogP contribution in [-0.4, -0.2) is 68.3 Å². The number of methoxy groups -OCH3 is 1. The minimum absolute atomic E-state index is 0.0104. The van der Waals surface area contributed by atoms with Gasteiger partial charge in [-0.2, -0.15) is 5.10 Å². The number of carbonyl (C=O) groups is 1. The number of nitrogens with zero attached hydrogens (tertiary/aromatic N) is 6. The first-order valence-corrected chi connectivity index (χ1v) is 11.1. The molecule has 0 bridgehead atoms. The van der Waals surface area contributed by atoms with Crippen molar-refractivity contribution in [3.63, 3.8) is 0 Å². The zero-order valence-electron chi connectivity index (χ0n) is 18.4. The van der Waals surface area contributed by atoms with Gasteiger partial charge in [-0.05, 0) is 31.2 Å². The van der Waals surface area contributed by atoms with Gasteiger partial charge in [0.2, 0.25) is 5.91 Å².